The summed E-state index contributed by atoms with van der Waals surface area (Å²) in [7, 11) is 1.79. The third kappa shape index (κ3) is 7.25. The highest BCUT2D eigenvalue weighted by atomic mass is 35.5. The zero-order chi connectivity index (χ0) is 16.7. The van der Waals surface area contributed by atoms with Crippen molar-refractivity contribution in [1.82, 2.24) is 15.6 Å². The first-order valence-electron chi connectivity index (χ1n) is 7.38. The number of aromatic nitrogens is 1. The van der Waals surface area contributed by atoms with Crippen LogP contribution < -0.4 is 15.4 Å². The highest BCUT2D eigenvalue weighted by molar-refractivity contribution is 5.85. The predicted molar refractivity (Wildman–Crippen MR) is 100 cm³/mol. The summed E-state index contributed by atoms with van der Waals surface area (Å²) in [5.74, 6) is -0.109. The standard InChI is InChI=1S/C17H20FN3O2.2ClH/c1-12(9-19-2)17(22)21-10-13-5-6-16(15(18)8-13)23-14-4-3-7-20-11-14;;/h3-8,11-12,19H,9-10H2,1-2H3,(H,21,22);2*1H. The van der Waals surface area contributed by atoms with Gasteiger partial charge in [-0.2, -0.15) is 0 Å². The van der Waals surface area contributed by atoms with Gasteiger partial charge in [-0.25, -0.2) is 4.39 Å². The van der Waals surface area contributed by atoms with E-state index in [9.17, 15) is 9.18 Å². The van der Waals surface area contributed by atoms with Crippen LogP contribution in [0.25, 0.3) is 0 Å². The summed E-state index contributed by atoms with van der Waals surface area (Å²) in [5, 5.41) is 5.73. The Morgan fingerprint density at radius 3 is 2.68 bits per heavy atom. The Morgan fingerprint density at radius 2 is 2.08 bits per heavy atom. The van der Waals surface area contributed by atoms with E-state index in [1.807, 2.05) is 6.92 Å². The fourth-order valence-corrected chi connectivity index (χ4v) is 2.03. The van der Waals surface area contributed by atoms with E-state index in [0.29, 0.717) is 17.9 Å². The molecule has 0 bridgehead atoms. The number of carbonyl (C=O) groups is 1. The smallest absolute Gasteiger partial charge is 0.224 e. The molecule has 5 nitrogen and oxygen atoms in total. The highest BCUT2D eigenvalue weighted by Gasteiger charge is 2.12. The Kier molecular flexibility index (Phi) is 10.7. The number of carbonyl (C=O) groups excluding carboxylic acids is 1. The number of nitrogens with one attached hydrogen (secondary N) is 2. The van der Waals surface area contributed by atoms with Crippen molar-refractivity contribution >= 4 is 30.7 Å². The van der Waals surface area contributed by atoms with Crippen molar-refractivity contribution in [2.75, 3.05) is 13.6 Å². The van der Waals surface area contributed by atoms with Gasteiger partial charge in [-0.05, 0) is 36.9 Å². The van der Waals surface area contributed by atoms with Crippen LogP contribution in [0.5, 0.6) is 11.5 Å². The van der Waals surface area contributed by atoms with Crippen LogP contribution in [0.3, 0.4) is 0 Å². The van der Waals surface area contributed by atoms with E-state index >= 15 is 0 Å². The molecule has 0 radical (unpaired) electrons. The van der Waals surface area contributed by atoms with Crippen molar-refractivity contribution in [3.05, 3.63) is 54.1 Å². The average molecular weight is 390 g/mol. The molecule has 0 saturated carbocycles. The number of pyridine rings is 1. The molecule has 1 unspecified atom stereocenters. The molecule has 0 fully saturated rings. The lowest BCUT2D eigenvalue weighted by Gasteiger charge is -2.12. The Bertz CT molecular complexity index is 660. The molecule has 2 N–H and O–H groups in total. The van der Waals surface area contributed by atoms with Gasteiger partial charge in [0.25, 0.3) is 0 Å². The first-order valence-corrected chi connectivity index (χ1v) is 7.38. The zero-order valence-electron chi connectivity index (χ0n) is 14.0. The Balaban J connectivity index is 0.00000288. The molecule has 0 aliphatic heterocycles. The SMILES string of the molecule is CNCC(C)C(=O)NCc1ccc(Oc2cccnc2)c(F)c1.Cl.Cl. The molecular weight excluding hydrogens is 368 g/mol. The molecule has 0 aliphatic rings. The topological polar surface area (TPSA) is 63.2 Å². The summed E-state index contributed by atoms with van der Waals surface area (Å²) in [4.78, 5) is 15.7. The fraction of sp³-hybridized carbons (Fsp3) is 0.294. The molecule has 2 aromatic rings. The number of hydrogen-bond donors (Lipinski definition) is 2. The summed E-state index contributed by atoms with van der Waals surface area (Å²) in [6.07, 6.45) is 3.13. The molecule has 1 heterocycles. The number of hydrogen-bond acceptors (Lipinski definition) is 4. The maximum Gasteiger partial charge on any atom is 0.224 e. The largest absolute Gasteiger partial charge is 0.453 e. The van der Waals surface area contributed by atoms with Crippen molar-refractivity contribution in [1.29, 1.82) is 0 Å². The van der Waals surface area contributed by atoms with E-state index in [0.717, 1.165) is 0 Å². The monoisotopic (exact) mass is 389 g/mol. The van der Waals surface area contributed by atoms with Crippen molar-refractivity contribution < 1.29 is 13.9 Å². The van der Waals surface area contributed by atoms with Crippen molar-refractivity contribution in [3.63, 3.8) is 0 Å². The summed E-state index contributed by atoms with van der Waals surface area (Å²) in [6, 6.07) is 8.03. The predicted octanol–water partition coefficient (Wildman–Crippen LogP) is 3.33. The van der Waals surface area contributed by atoms with E-state index in [2.05, 4.69) is 15.6 Å². The molecule has 138 valence electrons. The Labute approximate surface area is 159 Å². The molecule has 0 aliphatic carbocycles. The molecule has 0 spiro atoms. The van der Waals surface area contributed by atoms with Crippen molar-refractivity contribution in [2.45, 2.75) is 13.5 Å². The lowest BCUT2D eigenvalue weighted by Crippen LogP contribution is -2.33. The van der Waals surface area contributed by atoms with Gasteiger partial charge in [-0.1, -0.05) is 13.0 Å². The third-order valence-electron chi connectivity index (χ3n) is 3.28. The van der Waals surface area contributed by atoms with Crippen molar-refractivity contribution in [2.24, 2.45) is 5.92 Å². The molecule has 8 heteroatoms. The minimum absolute atomic E-state index is 0. The minimum Gasteiger partial charge on any atom is -0.453 e. The van der Waals surface area contributed by atoms with Gasteiger partial charge in [0, 0.05) is 25.2 Å². The third-order valence-corrected chi connectivity index (χ3v) is 3.28. The van der Waals surface area contributed by atoms with Gasteiger partial charge in [0.15, 0.2) is 11.6 Å². The lowest BCUT2D eigenvalue weighted by atomic mass is 10.1. The average Bonchev–Trinajstić information content (AvgIpc) is 2.56. The fourth-order valence-electron chi connectivity index (χ4n) is 2.03. The van der Waals surface area contributed by atoms with E-state index in [1.165, 1.54) is 12.3 Å². The number of amides is 1. The molecule has 1 aromatic carbocycles. The van der Waals surface area contributed by atoms with Gasteiger partial charge >= 0.3 is 0 Å². The summed E-state index contributed by atoms with van der Waals surface area (Å²) in [5.41, 5.74) is 0.672. The van der Waals surface area contributed by atoms with Gasteiger partial charge in [0.05, 0.1) is 6.20 Å². The quantitative estimate of drug-likeness (QED) is 0.762. The maximum absolute atomic E-state index is 14.1. The van der Waals surface area contributed by atoms with Gasteiger partial charge in [0.2, 0.25) is 5.91 Å². The maximum atomic E-state index is 14.1. The lowest BCUT2D eigenvalue weighted by molar-refractivity contribution is -0.124. The Hall–Kier alpha value is -1.89. The van der Waals surface area contributed by atoms with Crippen LogP contribution in [0.2, 0.25) is 0 Å². The van der Waals surface area contributed by atoms with Gasteiger partial charge in [0.1, 0.15) is 5.75 Å². The van der Waals surface area contributed by atoms with Crippen LogP contribution in [0, 0.1) is 11.7 Å². The molecule has 1 atom stereocenters. The second kappa shape index (κ2) is 11.6. The van der Waals surface area contributed by atoms with Gasteiger partial charge < -0.3 is 15.4 Å². The summed E-state index contributed by atoms with van der Waals surface area (Å²) < 4.78 is 19.5. The summed E-state index contributed by atoms with van der Waals surface area (Å²) in [6.45, 7) is 2.70. The van der Waals surface area contributed by atoms with Crippen LogP contribution in [0.4, 0.5) is 4.39 Å². The minimum atomic E-state index is -0.483. The molecular formula is C17H22Cl2FN3O2. The second-order valence-corrected chi connectivity index (χ2v) is 5.23. The second-order valence-electron chi connectivity index (χ2n) is 5.23. The number of halogens is 3. The van der Waals surface area contributed by atoms with E-state index < -0.39 is 5.82 Å². The molecule has 25 heavy (non-hydrogen) atoms. The number of ether oxygens (including phenoxy) is 1. The van der Waals surface area contributed by atoms with Crippen LogP contribution in [-0.2, 0) is 11.3 Å². The van der Waals surface area contributed by atoms with Crippen LogP contribution in [0.1, 0.15) is 12.5 Å². The van der Waals surface area contributed by atoms with E-state index in [-0.39, 0.29) is 48.9 Å². The first-order chi connectivity index (χ1) is 11.1. The molecule has 1 aromatic heterocycles. The van der Waals surface area contributed by atoms with Crippen LogP contribution >= 0.6 is 24.8 Å². The zero-order valence-corrected chi connectivity index (χ0v) is 15.6. The van der Waals surface area contributed by atoms with Crippen LogP contribution in [-0.4, -0.2) is 24.5 Å². The number of nitrogens with zero attached hydrogens (tertiary/aromatic N) is 1. The Morgan fingerprint density at radius 1 is 1.32 bits per heavy atom. The van der Waals surface area contributed by atoms with E-state index in [4.69, 9.17) is 4.74 Å². The normalized spacial score (nSPS) is 10.8. The molecule has 1 amide bonds. The highest BCUT2D eigenvalue weighted by Crippen LogP contribution is 2.24. The first kappa shape index (κ1) is 23.1. The van der Waals surface area contributed by atoms with Gasteiger partial charge in [-0.15, -0.1) is 24.8 Å². The van der Waals surface area contributed by atoms with Crippen LogP contribution in [0.15, 0.2) is 42.7 Å². The van der Waals surface area contributed by atoms with Gasteiger partial charge in [-0.3, -0.25) is 9.78 Å². The van der Waals surface area contributed by atoms with E-state index in [1.54, 1.807) is 37.5 Å². The summed E-state index contributed by atoms with van der Waals surface area (Å²) >= 11 is 0. The van der Waals surface area contributed by atoms with Crippen molar-refractivity contribution in [3.8, 4) is 11.5 Å². The number of rotatable bonds is 7. The molecule has 0 saturated heterocycles. The number of benzene rings is 1. The molecule has 2 rings (SSSR count).